The van der Waals surface area contributed by atoms with Crippen molar-refractivity contribution in [3.05, 3.63) is 65.2 Å². The van der Waals surface area contributed by atoms with Crippen molar-refractivity contribution in [3.8, 4) is 5.75 Å². The van der Waals surface area contributed by atoms with Gasteiger partial charge in [0.25, 0.3) is 11.8 Å². The van der Waals surface area contributed by atoms with Crippen LogP contribution in [0, 0.1) is 12.8 Å². The summed E-state index contributed by atoms with van der Waals surface area (Å²) in [4.78, 5) is 39.0. The number of carbonyl (C=O) groups is 3. The highest BCUT2D eigenvalue weighted by Gasteiger charge is 2.28. The Hall–Kier alpha value is -3.35. The molecule has 2 aromatic rings. The molecular weight excluding hydrogens is 394 g/mol. The molecule has 31 heavy (non-hydrogen) atoms. The number of phenols is 1. The quantitative estimate of drug-likeness (QED) is 0.596. The fraction of sp³-hybridized carbons (Fsp3) is 0.375. The molecule has 3 N–H and O–H groups in total. The van der Waals surface area contributed by atoms with Gasteiger partial charge in [-0.05, 0) is 56.5 Å². The van der Waals surface area contributed by atoms with E-state index < -0.39 is 0 Å². The Morgan fingerprint density at radius 1 is 1.03 bits per heavy atom. The highest BCUT2D eigenvalue weighted by Crippen LogP contribution is 2.19. The fourth-order valence-electron chi connectivity index (χ4n) is 3.65. The van der Waals surface area contributed by atoms with E-state index in [2.05, 4.69) is 10.6 Å². The standard InChI is InChI=1S/C24H29N3O4/c1-17-8-10-18(11-9-17)24(31)27-14-3-6-20(16-27)23(30)26-13-4-12-25-22(29)19-5-2-7-21(28)15-19/h2,5,7-11,15,20,28H,3-4,6,12-14,16H2,1H3,(H,25,29)(H,26,30). The Bertz CT molecular complexity index is 927. The Kier molecular flexibility index (Phi) is 7.65. The monoisotopic (exact) mass is 423 g/mol. The summed E-state index contributed by atoms with van der Waals surface area (Å²) >= 11 is 0. The smallest absolute Gasteiger partial charge is 0.253 e. The summed E-state index contributed by atoms with van der Waals surface area (Å²) in [6, 6.07) is 13.6. The number of rotatable bonds is 7. The maximum atomic E-state index is 12.7. The number of aryl methyl sites for hydroxylation is 1. The third-order valence-corrected chi connectivity index (χ3v) is 5.42. The van der Waals surface area contributed by atoms with E-state index in [9.17, 15) is 19.5 Å². The molecule has 0 spiro atoms. The third-order valence-electron chi connectivity index (χ3n) is 5.42. The molecule has 0 aliphatic carbocycles. The molecular formula is C24H29N3O4. The minimum absolute atomic E-state index is 0.0350. The zero-order valence-electron chi connectivity index (χ0n) is 17.8. The van der Waals surface area contributed by atoms with Gasteiger partial charge in [0.1, 0.15) is 5.75 Å². The maximum Gasteiger partial charge on any atom is 0.253 e. The number of nitrogens with one attached hydrogen (secondary N) is 2. The Balaban J connectivity index is 1.39. The van der Waals surface area contributed by atoms with Crippen LogP contribution < -0.4 is 10.6 Å². The topological polar surface area (TPSA) is 98.7 Å². The lowest BCUT2D eigenvalue weighted by molar-refractivity contribution is -0.126. The van der Waals surface area contributed by atoms with Gasteiger partial charge in [-0.15, -0.1) is 0 Å². The van der Waals surface area contributed by atoms with E-state index in [1.807, 2.05) is 31.2 Å². The SMILES string of the molecule is Cc1ccc(C(=O)N2CCCC(C(=O)NCCCNC(=O)c3cccc(O)c3)C2)cc1. The van der Waals surface area contributed by atoms with Crippen LogP contribution in [0.4, 0.5) is 0 Å². The normalized spacial score (nSPS) is 15.9. The van der Waals surface area contributed by atoms with Gasteiger partial charge in [0, 0.05) is 37.3 Å². The van der Waals surface area contributed by atoms with E-state index in [0.717, 1.165) is 18.4 Å². The van der Waals surface area contributed by atoms with Crippen molar-refractivity contribution < 1.29 is 19.5 Å². The minimum Gasteiger partial charge on any atom is -0.508 e. The van der Waals surface area contributed by atoms with E-state index in [1.165, 1.54) is 12.1 Å². The summed E-state index contributed by atoms with van der Waals surface area (Å²) in [5.74, 6) is -0.528. The van der Waals surface area contributed by atoms with Crippen LogP contribution in [0.1, 0.15) is 45.5 Å². The molecule has 1 unspecified atom stereocenters. The van der Waals surface area contributed by atoms with E-state index in [-0.39, 0.29) is 29.4 Å². The number of phenolic OH excluding ortho intramolecular Hbond substituents is 1. The second kappa shape index (κ2) is 10.6. The van der Waals surface area contributed by atoms with Gasteiger partial charge in [0.05, 0.1) is 5.92 Å². The van der Waals surface area contributed by atoms with Gasteiger partial charge >= 0.3 is 0 Å². The van der Waals surface area contributed by atoms with Crippen molar-refractivity contribution in [2.75, 3.05) is 26.2 Å². The first-order valence-corrected chi connectivity index (χ1v) is 10.6. The van der Waals surface area contributed by atoms with Gasteiger partial charge in [-0.25, -0.2) is 0 Å². The lowest BCUT2D eigenvalue weighted by atomic mass is 9.96. The summed E-state index contributed by atoms with van der Waals surface area (Å²) in [5, 5.41) is 15.1. The van der Waals surface area contributed by atoms with Crippen molar-refractivity contribution in [1.29, 1.82) is 0 Å². The first-order chi connectivity index (χ1) is 14.9. The summed E-state index contributed by atoms with van der Waals surface area (Å²) in [6.45, 7) is 3.93. The number of hydrogen-bond donors (Lipinski definition) is 3. The molecule has 7 nitrogen and oxygen atoms in total. The molecule has 1 fully saturated rings. The van der Waals surface area contributed by atoms with Crippen LogP contribution in [-0.4, -0.2) is 53.9 Å². The Morgan fingerprint density at radius 2 is 1.77 bits per heavy atom. The molecule has 3 rings (SSSR count). The van der Waals surface area contributed by atoms with Gasteiger partial charge in [-0.2, -0.15) is 0 Å². The molecule has 0 radical (unpaired) electrons. The molecule has 1 aliphatic rings. The number of likely N-dealkylation sites (tertiary alicyclic amines) is 1. The molecule has 0 aromatic heterocycles. The van der Waals surface area contributed by atoms with Crippen LogP contribution in [0.15, 0.2) is 48.5 Å². The molecule has 164 valence electrons. The van der Waals surface area contributed by atoms with E-state index >= 15 is 0 Å². The summed E-state index contributed by atoms with van der Waals surface area (Å²) in [7, 11) is 0. The van der Waals surface area contributed by atoms with Crippen molar-refractivity contribution in [2.24, 2.45) is 5.92 Å². The number of nitrogens with zero attached hydrogens (tertiary/aromatic N) is 1. The zero-order valence-corrected chi connectivity index (χ0v) is 17.8. The van der Waals surface area contributed by atoms with Crippen molar-refractivity contribution in [1.82, 2.24) is 15.5 Å². The van der Waals surface area contributed by atoms with Crippen molar-refractivity contribution >= 4 is 17.7 Å². The average Bonchev–Trinajstić information content (AvgIpc) is 2.78. The van der Waals surface area contributed by atoms with E-state index in [0.29, 0.717) is 43.7 Å². The molecule has 1 heterocycles. The molecule has 2 aromatic carbocycles. The third kappa shape index (κ3) is 6.31. The molecule has 1 atom stereocenters. The second-order valence-corrected chi connectivity index (χ2v) is 7.91. The van der Waals surface area contributed by atoms with Crippen LogP contribution in [0.5, 0.6) is 5.75 Å². The predicted octanol–water partition coefficient (Wildman–Crippen LogP) is 2.49. The number of aromatic hydroxyl groups is 1. The van der Waals surface area contributed by atoms with Gasteiger partial charge in [0.15, 0.2) is 0 Å². The highest BCUT2D eigenvalue weighted by molar-refractivity contribution is 5.95. The van der Waals surface area contributed by atoms with Gasteiger partial charge in [-0.1, -0.05) is 23.8 Å². The van der Waals surface area contributed by atoms with Crippen LogP contribution in [0.2, 0.25) is 0 Å². The van der Waals surface area contributed by atoms with Crippen LogP contribution in [0.3, 0.4) is 0 Å². The number of amides is 3. The zero-order chi connectivity index (χ0) is 22.2. The molecule has 0 saturated carbocycles. The fourth-order valence-corrected chi connectivity index (χ4v) is 3.65. The largest absolute Gasteiger partial charge is 0.508 e. The summed E-state index contributed by atoms with van der Waals surface area (Å²) in [6.07, 6.45) is 2.16. The number of piperidine rings is 1. The van der Waals surface area contributed by atoms with Crippen molar-refractivity contribution in [3.63, 3.8) is 0 Å². The molecule has 0 bridgehead atoms. The highest BCUT2D eigenvalue weighted by atomic mass is 16.3. The summed E-state index contributed by atoms with van der Waals surface area (Å²) in [5.41, 5.74) is 2.14. The first kappa shape index (κ1) is 22.3. The van der Waals surface area contributed by atoms with Crippen LogP contribution >= 0.6 is 0 Å². The molecule has 7 heteroatoms. The van der Waals surface area contributed by atoms with E-state index in [1.54, 1.807) is 17.0 Å². The maximum absolute atomic E-state index is 12.7. The van der Waals surface area contributed by atoms with Gasteiger partial charge in [0.2, 0.25) is 5.91 Å². The minimum atomic E-state index is -0.264. The molecule has 1 aliphatic heterocycles. The lowest BCUT2D eigenvalue weighted by Gasteiger charge is -2.32. The molecule has 1 saturated heterocycles. The lowest BCUT2D eigenvalue weighted by Crippen LogP contribution is -2.45. The summed E-state index contributed by atoms with van der Waals surface area (Å²) < 4.78 is 0. The first-order valence-electron chi connectivity index (χ1n) is 10.6. The van der Waals surface area contributed by atoms with Crippen LogP contribution in [0.25, 0.3) is 0 Å². The average molecular weight is 424 g/mol. The van der Waals surface area contributed by atoms with Crippen LogP contribution in [-0.2, 0) is 4.79 Å². The Morgan fingerprint density at radius 3 is 2.52 bits per heavy atom. The molecule has 3 amide bonds. The van der Waals surface area contributed by atoms with Gasteiger partial charge < -0.3 is 20.6 Å². The predicted molar refractivity (Wildman–Crippen MR) is 118 cm³/mol. The number of carbonyl (C=O) groups excluding carboxylic acids is 3. The number of benzene rings is 2. The van der Waals surface area contributed by atoms with Gasteiger partial charge in [-0.3, -0.25) is 14.4 Å². The Labute approximate surface area is 182 Å². The second-order valence-electron chi connectivity index (χ2n) is 7.91. The van der Waals surface area contributed by atoms with E-state index in [4.69, 9.17) is 0 Å². The van der Waals surface area contributed by atoms with Crippen molar-refractivity contribution in [2.45, 2.75) is 26.2 Å². The number of hydrogen-bond acceptors (Lipinski definition) is 4.